The zero-order chi connectivity index (χ0) is 17.3. The number of pyridine rings is 1. The van der Waals surface area contributed by atoms with E-state index in [0.717, 1.165) is 22.5 Å². The zero-order valence-corrected chi connectivity index (χ0v) is 15.0. The van der Waals surface area contributed by atoms with Gasteiger partial charge in [0.2, 0.25) is 10.0 Å². The average Bonchev–Trinajstić information content (AvgIpc) is 2.88. The molecule has 0 spiro atoms. The highest BCUT2D eigenvalue weighted by Gasteiger charge is 2.16. The lowest BCUT2D eigenvalue weighted by Gasteiger charge is -2.09. The molecule has 2 heterocycles. The highest BCUT2D eigenvalue weighted by Crippen LogP contribution is 2.16. The first-order valence-corrected chi connectivity index (χ1v) is 9.41. The molecular formula is C17H18ClN3O2S. The van der Waals surface area contributed by atoms with Crippen LogP contribution in [0.3, 0.4) is 0 Å². The molecule has 5 nitrogen and oxygen atoms in total. The lowest BCUT2D eigenvalue weighted by atomic mass is 10.2. The largest absolute Gasteiger partial charge is 0.305 e. The molecule has 3 aromatic rings. The third-order valence-corrected chi connectivity index (χ3v) is 5.60. The maximum atomic E-state index is 12.4. The first-order chi connectivity index (χ1) is 11.3. The summed E-state index contributed by atoms with van der Waals surface area (Å²) in [4.78, 5) is 4.76. The van der Waals surface area contributed by atoms with Gasteiger partial charge in [-0.15, -0.1) is 0 Å². The highest BCUT2D eigenvalue weighted by molar-refractivity contribution is 7.89. The minimum Gasteiger partial charge on any atom is -0.305 e. The Morgan fingerprint density at radius 2 is 1.96 bits per heavy atom. The Bertz CT molecular complexity index is 996. The molecule has 0 saturated heterocycles. The molecule has 1 aromatic carbocycles. The highest BCUT2D eigenvalue weighted by atomic mass is 35.5. The van der Waals surface area contributed by atoms with Gasteiger partial charge < -0.3 is 4.40 Å². The molecule has 126 valence electrons. The van der Waals surface area contributed by atoms with E-state index in [0.29, 0.717) is 16.3 Å². The summed E-state index contributed by atoms with van der Waals surface area (Å²) in [6.07, 6.45) is 4.13. The molecule has 0 amide bonds. The van der Waals surface area contributed by atoms with Gasteiger partial charge in [0.1, 0.15) is 5.65 Å². The number of rotatable bonds is 5. The van der Waals surface area contributed by atoms with Crippen molar-refractivity contribution in [1.29, 1.82) is 0 Å². The molecule has 0 unspecified atom stereocenters. The van der Waals surface area contributed by atoms with Gasteiger partial charge >= 0.3 is 0 Å². The Balaban J connectivity index is 1.70. The lowest BCUT2D eigenvalue weighted by molar-refractivity contribution is 0.580. The molecular weight excluding hydrogens is 346 g/mol. The predicted molar refractivity (Wildman–Crippen MR) is 95.0 cm³/mol. The van der Waals surface area contributed by atoms with Gasteiger partial charge in [-0.3, -0.25) is 0 Å². The van der Waals surface area contributed by atoms with Crippen LogP contribution < -0.4 is 4.72 Å². The minimum absolute atomic E-state index is 0.285. The second-order valence-electron chi connectivity index (χ2n) is 5.76. The van der Waals surface area contributed by atoms with Crippen LogP contribution in [0.5, 0.6) is 0 Å². The molecule has 0 aliphatic carbocycles. The van der Waals surface area contributed by atoms with Gasteiger partial charge in [-0.2, -0.15) is 0 Å². The summed E-state index contributed by atoms with van der Waals surface area (Å²) >= 11 is 5.95. The number of aromatic nitrogens is 2. The SMILES string of the molecule is Cc1ccc(S(=O)(=O)NCCc2cn3cc(Cl)ccc3n2)c(C)c1. The molecule has 0 aliphatic rings. The van der Waals surface area contributed by atoms with E-state index in [2.05, 4.69) is 9.71 Å². The topological polar surface area (TPSA) is 63.5 Å². The molecule has 0 radical (unpaired) electrons. The number of nitrogens with one attached hydrogen (secondary N) is 1. The Kier molecular flexibility index (Phi) is 4.62. The molecule has 3 rings (SSSR count). The summed E-state index contributed by atoms with van der Waals surface area (Å²) in [5, 5.41) is 0.627. The van der Waals surface area contributed by atoms with E-state index < -0.39 is 10.0 Å². The second-order valence-corrected chi connectivity index (χ2v) is 7.93. The summed E-state index contributed by atoms with van der Waals surface area (Å²) in [6, 6.07) is 8.90. The van der Waals surface area contributed by atoms with Crippen LogP contribution in [0, 0.1) is 13.8 Å². The van der Waals surface area contributed by atoms with Crippen molar-refractivity contribution in [3.63, 3.8) is 0 Å². The molecule has 1 N–H and O–H groups in total. The Hall–Kier alpha value is -1.89. The molecule has 0 aliphatic heterocycles. The molecule has 24 heavy (non-hydrogen) atoms. The standard InChI is InChI=1S/C17H18ClN3O2S/c1-12-3-5-16(13(2)9-12)24(22,23)19-8-7-15-11-21-10-14(18)4-6-17(21)20-15/h3-6,9-11,19H,7-8H2,1-2H3. The van der Waals surface area contributed by atoms with Crippen molar-refractivity contribution in [3.05, 3.63) is 64.6 Å². The van der Waals surface area contributed by atoms with Crippen LogP contribution in [0.2, 0.25) is 5.02 Å². The van der Waals surface area contributed by atoms with E-state index in [-0.39, 0.29) is 6.54 Å². The summed E-state index contributed by atoms with van der Waals surface area (Å²) < 4.78 is 29.3. The van der Waals surface area contributed by atoms with Crippen molar-refractivity contribution in [1.82, 2.24) is 14.1 Å². The third-order valence-electron chi connectivity index (χ3n) is 3.76. The zero-order valence-electron chi connectivity index (χ0n) is 13.5. The van der Waals surface area contributed by atoms with Crippen LogP contribution in [-0.4, -0.2) is 24.3 Å². The van der Waals surface area contributed by atoms with Gasteiger partial charge in [-0.05, 0) is 37.6 Å². The van der Waals surface area contributed by atoms with Crippen LogP contribution in [-0.2, 0) is 16.4 Å². The molecule has 2 aromatic heterocycles. The first-order valence-electron chi connectivity index (χ1n) is 7.55. The average molecular weight is 364 g/mol. The van der Waals surface area contributed by atoms with Gasteiger partial charge in [-0.1, -0.05) is 29.3 Å². The number of sulfonamides is 1. The van der Waals surface area contributed by atoms with Crippen molar-refractivity contribution >= 4 is 27.3 Å². The molecule has 0 atom stereocenters. The minimum atomic E-state index is -3.52. The van der Waals surface area contributed by atoms with Gasteiger partial charge in [0.05, 0.1) is 15.6 Å². The van der Waals surface area contributed by atoms with Gasteiger partial charge in [0, 0.05) is 25.4 Å². The summed E-state index contributed by atoms with van der Waals surface area (Å²) in [5.74, 6) is 0. The number of fused-ring (bicyclic) bond motifs is 1. The normalized spacial score (nSPS) is 12.0. The number of hydrogen-bond acceptors (Lipinski definition) is 3. The number of imidazole rings is 1. The van der Waals surface area contributed by atoms with E-state index in [1.807, 2.05) is 29.7 Å². The fourth-order valence-electron chi connectivity index (χ4n) is 2.63. The van der Waals surface area contributed by atoms with Crippen molar-refractivity contribution in [2.75, 3.05) is 6.54 Å². The van der Waals surface area contributed by atoms with Crippen molar-refractivity contribution in [3.8, 4) is 0 Å². The quantitative estimate of drug-likeness (QED) is 0.757. The van der Waals surface area contributed by atoms with E-state index in [9.17, 15) is 8.42 Å². The van der Waals surface area contributed by atoms with Gasteiger partial charge in [-0.25, -0.2) is 18.1 Å². The van der Waals surface area contributed by atoms with Crippen LogP contribution in [0.15, 0.2) is 47.6 Å². The van der Waals surface area contributed by atoms with Crippen molar-refractivity contribution < 1.29 is 8.42 Å². The van der Waals surface area contributed by atoms with Crippen LogP contribution in [0.1, 0.15) is 16.8 Å². The van der Waals surface area contributed by atoms with E-state index in [1.165, 1.54) is 0 Å². The van der Waals surface area contributed by atoms with Crippen LogP contribution in [0.25, 0.3) is 5.65 Å². The maximum absolute atomic E-state index is 12.4. The summed E-state index contributed by atoms with van der Waals surface area (Å²) in [5.41, 5.74) is 3.37. The molecule has 0 saturated carbocycles. The monoisotopic (exact) mass is 363 g/mol. The van der Waals surface area contributed by atoms with Gasteiger partial charge in [0.15, 0.2) is 0 Å². The van der Waals surface area contributed by atoms with Crippen molar-refractivity contribution in [2.45, 2.75) is 25.2 Å². The van der Waals surface area contributed by atoms with Crippen molar-refractivity contribution in [2.24, 2.45) is 0 Å². The number of aryl methyl sites for hydroxylation is 2. The summed E-state index contributed by atoms with van der Waals surface area (Å²) in [6.45, 7) is 4.02. The maximum Gasteiger partial charge on any atom is 0.240 e. The number of benzene rings is 1. The first kappa shape index (κ1) is 17.0. The fourth-order valence-corrected chi connectivity index (χ4v) is 4.05. The Morgan fingerprint density at radius 1 is 1.17 bits per heavy atom. The van der Waals surface area contributed by atoms with Crippen LogP contribution >= 0.6 is 11.6 Å². The van der Waals surface area contributed by atoms with E-state index >= 15 is 0 Å². The third kappa shape index (κ3) is 3.61. The Labute approximate surface area is 146 Å². The Morgan fingerprint density at radius 3 is 2.71 bits per heavy atom. The van der Waals surface area contributed by atoms with Crippen LogP contribution in [0.4, 0.5) is 0 Å². The lowest BCUT2D eigenvalue weighted by Crippen LogP contribution is -2.26. The second kappa shape index (κ2) is 6.55. The summed E-state index contributed by atoms with van der Waals surface area (Å²) in [7, 11) is -3.52. The van der Waals surface area contributed by atoms with E-state index in [4.69, 9.17) is 11.6 Å². The predicted octanol–water partition coefficient (Wildman–Crippen LogP) is 3.13. The molecule has 0 bridgehead atoms. The molecule has 7 heteroatoms. The van der Waals surface area contributed by atoms with Gasteiger partial charge in [0.25, 0.3) is 0 Å². The van der Waals surface area contributed by atoms with E-state index in [1.54, 1.807) is 31.3 Å². The fraction of sp³-hybridized carbons (Fsp3) is 0.235. The number of halogens is 1. The smallest absolute Gasteiger partial charge is 0.240 e. The molecule has 0 fully saturated rings. The number of hydrogen-bond donors (Lipinski definition) is 1. The number of nitrogens with zero attached hydrogens (tertiary/aromatic N) is 2.